The fourth-order valence-corrected chi connectivity index (χ4v) is 11.4. The molecule has 56 heavy (non-hydrogen) atoms. The first-order valence-corrected chi connectivity index (χ1v) is 21.0. The molecule has 0 N–H and O–H groups in total. The molecular weight excluding hydrogens is 795 g/mol. The van der Waals surface area contributed by atoms with Crippen molar-refractivity contribution < 1.29 is 0 Å². The predicted molar refractivity (Wildman–Crippen MR) is 242 cm³/mol. The van der Waals surface area contributed by atoms with Gasteiger partial charge in [0.25, 0.3) is 0 Å². The van der Waals surface area contributed by atoms with Gasteiger partial charge in [-0.1, -0.05) is 121 Å². The number of alkyl halides is 1. The van der Waals surface area contributed by atoms with Crippen molar-refractivity contribution in [3.8, 4) is 12.1 Å². The Morgan fingerprint density at radius 3 is 2.48 bits per heavy atom. The summed E-state index contributed by atoms with van der Waals surface area (Å²) in [5, 5.41) is 24.6. The highest BCUT2D eigenvalue weighted by molar-refractivity contribution is 14.1. The molecule has 4 aromatic rings. The number of aryl methyl sites for hydroxylation is 1. The van der Waals surface area contributed by atoms with Gasteiger partial charge in [0.05, 0.1) is 32.0 Å². The van der Waals surface area contributed by atoms with Gasteiger partial charge in [-0.25, -0.2) is 0 Å². The third-order valence-corrected chi connectivity index (χ3v) is 15.3. The number of rotatable bonds is 5. The lowest BCUT2D eigenvalue weighted by atomic mass is 9.73. The van der Waals surface area contributed by atoms with Crippen molar-refractivity contribution in [2.45, 2.75) is 70.6 Å². The second-order valence-electron chi connectivity index (χ2n) is 16.8. The second kappa shape index (κ2) is 13.2. The van der Waals surface area contributed by atoms with Crippen LogP contribution in [0.1, 0.15) is 87.5 Å². The zero-order chi connectivity index (χ0) is 39.3. The Morgan fingerprint density at radius 1 is 0.929 bits per heavy atom. The Balaban J connectivity index is 1.30. The number of fused-ring (bicyclic) bond motifs is 7. The van der Waals surface area contributed by atoms with Gasteiger partial charge in [0.15, 0.2) is 0 Å². The minimum atomic E-state index is -0.406. The Labute approximate surface area is 344 Å². The lowest BCUT2D eigenvalue weighted by Gasteiger charge is -2.30. The third kappa shape index (κ3) is 4.99. The van der Waals surface area contributed by atoms with Gasteiger partial charge in [0.1, 0.15) is 6.07 Å². The number of para-hydroxylation sites is 1. The predicted octanol–water partition coefficient (Wildman–Crippen LogP) is 13.4. The van der Waals surface area contributed by atoms with Gasteiger partial charge in [-0.15, -0.1) is 0 Å². The first kappa shape index (κ1) is 36.5. The van der Waals surface area contributed by atoms with Crippen molar-refractivity contribution in [1.82, 2.24) is 9.13 Å². The molecular formula is C51H47IN4. The normalized spacial score (nSPS) is 25.2. The number of nitrogens with zero attached hydrogens (tertiary/aromatic N) is 4. The van der Waals surface area contributed by atoms with Crippen LogP contribution in [0.3, 0.4) is 0 Å². The van der Waals surface area contributed by atoms with E-state index in [0.29, 0.717) is 24.3 Å². The number of benzene rings is 2. The molecule has 0 saturated carbocycles. The van der Waals surface area contributed by atoms with E-state index in [2.05, 4.69) is 171 Å². The third-order valence-electron chi connectivity index (χ3n) is 13.9. The van der Waals surface area contributed by atoms with Crippen LogP contribution in [0.4, 0.5) is 0 Å². The highest BCUT2D eigenvalue weighted by Gasteiger charge is 2.46. The van der Waals surface area contributed by atoms with Crippen LogP contribution in [0.2, 0.25) is 0 Å². The van der Waals surface area contributed by atoms with Gasteiger partial charge < -0.3 is 9.13 Å². The zero-order valence-electron chi connectivity index (χ0n) is 33.2. The maximum atomic E-state index is 11.1. The molecule has 278 valence electrons. The number of aromatic nitrogens is 2. The molecule has 0 aliphatic heterocycles. The van der Waals surface area contributed by atoms with E-state index < -0.39 is 5.92 Å². The van der Waals surface area contributed by atoms with Crippen molar-refractivity contribution in [2.24, 2.45) is 23.2 Å². The van der Waals surface area contributed by atoms with E-state index in [9.17, 15) is 10.5 Å². The summed E-state index contributed by atoms with van der Waals surface area (Å²) < 4.78 is 4.54. The van der Waals surface area contributed by atoms with E-state index in [4.69, 9.17) is 0 Å². The van der Waals surface area contributed by atoms with E-state index in [1.54, 1.807) is 0 Å². The van der Waals surface area contributed by atoms with Gasteiger partial charge in [-0.05, 0) is 122 Å². The molecule has 2 aromatic heterocycles. The number of halogens is 1. The van der Waals surface area contributed by atoms with E-state index in [1.807, 2.05) is 18.2 Å². The molecule has 0 spiro atoms. The van der Waals surface area contributed by atoms with E-state index >= 15 is 0 Å². The van der Waals surface area contributed by atoms with Gasteiger partial charge in [0, 0.05) is 45.0 Å². The van der Waals surface area contributed by atoms with Crippen LogP contribution in [0.25, 0.3) is 50.4 Å². The van der Waals surface area contributed by atoms with Crippen LogP contribution < -0.4 is 0 Å². The Morgan fingerprint density at radius 2 is 1.71 bits per heavy atom. The van der Waals surface area contributed by atoms with Crippen molar-refractivity contribution in [1.29, 1.82) is 10.5 Å². The monoisotopic (exact) mass is 842 g/mol. The van der Waals surface area contributed by atoms with Crippen LogP contribution in [-0.4, -0.2) is 9.13 Å². The molecule has 9 rings (SSSR count). The average molecular weight is 843 g/mol. The van der Waals surface area contributed by atoms with Gasteiger partial charge in [0.2, 0.25) is 0 Å². The zero-order valence-corrected chi connectivity index (χ0v) is 35.3. The van der Waals surface area contributed by atoms with E-state index in [1.165, 1.54) is 55.3 Å². The van der Waals surface area contributed by atoms with Crippen molar-refractivity contribution in [2.75, 3.05) is 0 Å². The fraction of sp³-hybridized carbons (Fsp3) is 0.294. The SMILES string of the molecule is C=C/C=C\C1=C(C)C(C)(I)c2ccc3c(c4c(n3C3=C(C#N)C=C(n5c(C)c(C6=C(C)C(C)(C)C7C=CC=CC67)c6ccccc65)C(C#N)CC3)C=CCC4)c21. The van der Waals surface area contributed by atoms with Crippen LogP contribution in [0, 0.1) is 52.8 Å². The lowest BCUT2D eigenvalue weighted by molar-refractivity contribution is 0.318. The highest BCUT2D eigenvalue weighted by atomic mass is 127. The molecule has 0 radical (unpaired) electrons. The Hall–Kier alpha value is -5.11. The summed E-state index contributed by atoms with van der Waals surface area (Å²) in [7, 11) is 0. The average Bonchev–Trinajstić information content (AvgIpc) is 3.76. The Kier molecular flexibility index (Phi) is 8.64. The minimum Gasteiger partial charge on any atom is -0.316 e. The first-order chi connectivity index (χ1) is 27.0. The number of nitriles is 2. The molecule has 0 bridgehead atoms. The van der Waals surface area contributed by atoms with Crippen molar-refractivity contribution in [3.05, 3.63) is 148 Å². The van der Waals surface area contributed by atoms with Crippen LogP contribution in [0.15, 0.2) is 114 Å². The quantitative estimate of drug-likeness (QED) is 0.114. The first-order valence-electron chi connectivity index (χ1n) is 20.0. The molecule has 2 heterocycles. The molecule has 5 aliphatic rings. The summed E-state index contributed by atoms with van der Waals surface area (Å²) in [6.07, 6.45) is 25.0. The van der Waals surface area contributed by atoms with Gasteiger partial charge in [-0.3, -0.25) is 0 Å². The summed E-state index contributed by atoms with van der Waals surface area (Å²) in [5.74, 6) is 0.264. The number of hydrogen-bond acceptors (Lipinski definition) is 2. The Bertz CT molecular complexity index is 2780. The number of hydrogen-bond donors (Lipinski definition) is 0. The van der Waals surface area contributed by atoms with Crippen LogP contribution in [0.5, 0.6) is 0 Å². The molecule has 4 atom stereocenters. The molecule has 5 aliphatic carbocycles. The summed E-state index contributed by atoms with van der Waals surface area (Å²) >= 11 is 2.61. The largest absolute Gasteiger partial charge is 0.316 e. The maximum Gasteiger partial charge on any atom is 0.101 e. The molecule has 5 heteroatoms. The summed E-state index contributed by atoms with van der Waals surface area (Å²) in [4.78, 5) is 0. The van der Waals surface area contributed by atoms with Crippen LogP contribution in [-0.2, 0) is 9.84 Å². The molecule has 2 aromatic carbocycles. The molecule has 0 fully saturated rings. The maximum absolute atomic E-state index is 11.1. The summed E-state index contributed by atoms with van der Waals surface area (Å²) in [6, 6.07) is 18.6. The van der Waals surface area contributed by atoms with Crippen molar-refractivity contribution >= 4 is 73.0 Å². The summed E-state index contributed by atoms with van der Waals surface area (Å²) in [6.45, 7) is 17.8. The van der Waals surface area contributed by atoms with Gasteiger partial charge >= 0.3 is 0 Å². The molecule has 4 unspecified atom stereocenters. The fourth-order valence-electron chi connectivity index (χ4n) is 10.7. The standard InChI is InChI=1S/C51H47IN4/c1-8-9-16-35-30(2)51(7,52)40-24-26-44-49(48(35)40)38-19-12-15-22-43(38)56(44)41-25-23-33(28-53)45(27-34(41)29-54)55-32(4)47(37-18-11-14-21-42(37)55)46-31(3)50(5,6)39-20-13-10-17-36(39)46/h8-11,13-18,20-22,24,26-27,33,36,39H,1,12,19,23,25H2,2-7H3/b16-9-. The lowest BCUT2D eigenvalue weighted by Crippen LogP contribution is -2.23. The van der Waals surface area contributed by atoms with E-state index in [-0.39, 0.29) is 14.8 Å². The minimum absolute atomic E-state index is 0.0130. The van der Waals surface area contributed by atoms with Crippen LogP contribution >= 0.6 is 22.6 Å². The molecule has 0 amide bonds. The summed E-state index contributed by atoms with van der Waals surface area (Å²) in [5.41, 5.74) is 17.6. The second-order valence-corrected chi connectivity index (χ2v) is 19.0. The number of allylic oxidation sites excluding steroid dienone is 16. The smallest absolute Gasteiger partial charge is 0.101 e. The highest BCUT2D eigenvalue weighted by Crippen LogP contribution is 2.58. The molecule has 4 nitrogen and oxygen atoms in total. The van der Waals surface area contributed by atoms with Crippen molar-refractivity contribution in [3.63, 3.8) is 0 Å². The van der Waals surface area contributed by atoms with E-state index in [0.717, 1.165) is 46.7 Å². The molecule has 0 saturated heterocycles. The topological polar surface area (TPSA) is 57.4 Å². The van der Waals surface area contributed by atoms with Gasteiger partial charge in [-0.2, -0.15) is 10.5 Å².